The molecule has 5 nitrogen and oxygen atoms in total. The number of nitrogens with one attached hydrogen (secondary N) is 1. The molecule has 0 aliphatic carbocycles. The number of aryl methyl sites for hydroxylation is 1. The van der Waals surface area contributed by atoms with Gasteiger partial charge in [-0.15, -0.1) is 0 Å². The third kappa shape index (κ3) is 4.68. The maximum atomic E-state index is 12.0. The van der Waals surface area contributed by atoms with E-state index in [1.54, 1.807) is 4.57 Å². The van der Waals surface area contributed by atoms with Crippen LogP contribution in [-0.2, 0) is 11.3 Å². The first-order chi connectivity index (χ1) is 10.5. The number of carbonyl (C=O) groups excluding carboxylic acids is 1. The fourth-order valence-corrected chi connectivity index (χ4v) is 3.75. The van der Waals surface area contributed by atoms with Crippen molar-refractivity contribution in [2.45, 2.75) is 52.6 Å². The minimum Gasteiger partial charge on any atom is -0.354 e. The molecule has 0 aromatic carbocycles. The zero-order valence-electron chi connectivity index (χ0n) is 13.8. The van der Waals surface area contributed by atoms with Crippen LogP contribution >= 0.6 is 11.3 Å². The second kappa shape index (κ2) is 7.92. The van der Waals surface area contributed by atoms with Crippen molar-refractivity contribution in [1.29, 1.82) is 0 Å². The van der Waals surface area contributed by atoms with Crippen molar-refractivity contribution < 1.29 is 4.79 Å². The quantitative estimate of drug-likeness (QED) is 0.868. The Morgan fingerprint density at radius 2 is 2.32 bits per heavy atom. The molecule has 1 aromatic rings. The second-order valence-corrected chi connectivity index (χ2v) is 7.26. The van der Waals surface area contributed by atoms with E-state index in [9.17, 15) is 9.59 Å². The van der Waals surface area contributed by atoms with Gasteiger partial charge in [0.25, 0.3) is 0 Å². The Balaban J connectivity index is 1.72. The average Bonchev–Trinajstić information content (AvgIpc) is 2.81. The van der Waals surface area contributed by atoms with Crippen molar-refractivity contribution in [3.8, 4) is 0 Å². The number of carbonyl (C=O) groups is 1. The highest BCUT2D eigenvalue weighted by atomic mass is 32.1. The van der Waals surface area contributed by atoms with Crippen molar-refractivity contribution in [3.05, 3.63) is 20.7 Å². The third-order valence-electron chi connectivity index (χ3n) is 4.45. The zero-order chi connectivity index (χ0) is 16.1. The van der Waals surface area contributed by atoms with Crippen LogP contribution in [0.15, 0.2) is 10.2 Å². The van der Waals surface area contributed by atoms with Crippen LogP contribution in [-0.4, -0.2) is 41.1 Å². The van der Waals surface area contributed by atoms with E-state index in [0.717, 1.165) is 24.7 Å². The first kappa shape index (κ1) is 17.2. The molecule has 0 unspecified atom stereocenters. The van der Waals surface area contributed by atoms with E-state index in [1.165, 1.54) is 24.2 Å². The van der Waals surface area contributed by atoms with E-state index in [0.29, 0.717) is 25.6 Å². The second-order valence-electron chi connectivity index (χ2n) is 6.44. The molecule has 0 saturated carbocycles. The molecule has 22 heavy (non-hydrogen) atoms. The van der Waals surface area contributed by atoms with Gasteiger partial charge in [-0.1, -0.05) is 18.3 Å². The van der Waals surface area contributed by atoms with Crippen LogP contribution in [0.3, 0.4) is 0 Å². The maximum Gasteiger partial charge on any atom is 0.307 e. The van der Waals surface area contributed by atoms with Gasteiger partial charge in [0.15, 0.2) is 0 Å². The molecule has 0 bridgehead atoms. The predicted octanol–water partition coefficient (Wildman–Crippen LogP) is 1.84. The minimum atomic E-state index is 0.0148. The van der Waals surface area contributed by atoms with Gasteiger partial charge in [0.05, 0.1) is 0 Å². The van der Waals surface area contributed by atoms with Gasteiger partial charge in [-0.05, 0) is 39.2 Å². The summed E-state index contributed by atoms with van der Waals surface area (Å²) >= 11 is 1.19. The smallest absolute Gasteiger partial charge is 0.307 e. The Morgan fingerprint density at radius 1 is 1.55 bits per heavy atom. The summed E-state index contributed by atoms with van der Waals surface area (Å²) in [7, 11) is 0. The third-order valence-corrected chi connectivity index (χ3v) is 5.33. The van der Waals surface area contributed by atoms with Crippen LogP contribution in [0.25, 0.3) is 0 Å². The van der Waals surface area contributed by atoms with Gasteiger partial charge in [0.2, 0.25) is 5.91 Å². The number of amides is 1. The molecule has 1 N–H and O–H groups in total. The first-order valence-electron chi connectivity index (χ1n) is 8.13. The topological polar surface area (TPSA) is 54.3 Å². The number of nitrogens with zero attached hydrogens (tertiary/aromatic N) is 2. The largest absolute Gasteiger partial charge is 0.354 e. The Hall–Kier alpha value is -1.14. The van der Waals surface area contributed by atoms with Crippen LogP contribution in [0.4, 0.5) is 0 Å². The zero-order valence-corrected chi connectivity index (χ0v) is 14.6. The van der Waals surface area contributed by atoms with Gasteiger partial charge in [-0.3, -0.25) is 14.5 Å². The molecule has 1 amide bonds. The summed E-state index contributed by atoms with van der Waals surface area (Å²) in [5.74, 6) is 0.773. The van der Waals surface area contributed by atoms with Crippen LogP contribution in [0.5, 0.6) is 0 Å². The van der Waals surface area contributed by atoms with Crippen LogP contribution in [0.2, 0.25) is 0 Å². The van der Waals surface area contributed by atoms with E-state index < -0.39 is 0 Å². The molecule has 6 heteroatoms. The van der Waals surface area contributed by atoms with E-state index in [4.69, 9.17) is 0 Å². The predicted molar refractivity (Wildman–Crippen MR) is 90.4 cm³/mol. The molecule has 0 spiro atoms. The van der Waals surface area contributed by atoms with E-state index in [1.807, 2.05) is 12.3 Å². The molecule has 1 aromatic heterocycles. The maximum absolute atomic E-state index is 12.0. The van der Waals surface area contributed by atoms with Crippen molar-refractivity contribution >= 4 is 17.2 Å². The van der Waals surface area contributed by atoms with Gasteiger partial charge in [-0.25, -0.2) is 0 Å². The summed E-state index contributed by atoms with van der Waals surface area (Å²) in [5, 5.41) is 4.84. The van der Waals surface area contributed by atoms with Crippen LogP contribution in [0, 0.1) is 12.8 Å². The summed E-state index contributed by atoms with van der Waals surface area (Å²) in [6, 6.07) is 0.373. The highest BCUT2D eigenvalue weighted by Crippen LogP contribution is 2.17. The van der Waals surface area contributed by atoms with E-state index in [2.05, 4.69) is 24.1 Å². The lowest BCUT2D eigenvalue weighted by molar-refractivity contribution is -0.121. The molecule has 1 fully saturated rings. The highest BCUT2D eigenvalue weighted by molar-refractivity contribution is 7.07. The molecule has 2 rings (SSSR count). The van der Waals surface area contributed by atoms with Gasteiger partial charge < -0.3 is 9.88 Å². The SMILES string of the molecule is Cc1csc(=O)n1CCC(=O)NC[C@@H](C)N1CCC[C@@H](C)C1. The van der Waals surface area contributed by atoms with Crippen LogP contribution < -0.4 is 10.2 Å². The summed E-state index contributed by atoms with van der Waals surface area (Å²) in [5.41, 5.74) is 0.929. The number of rotatable bonds is 6. The molecule has 1 saturated heterocycles. The Labute approximate surface area is 136 Å². The summed E-state index contributed by atoms with van der Waals surface area (Å²) in [6.45, 7) is 9.77. The molecule has 2 atom stereocenters. The molecule has 2 heterocycles. The van der Waals surface area contributed by atoms with E-state index in [-0.39, 0.29) is 10.8 Å². The number of aromatic nitrogens is 1. The lowest BCUT2D eigenvalue weighted by atomic mass is 9.99. The number of thiazole rings is 1. The molecular weight excluding hydrogens is 298 g/mol. The average molecular weight is 325 g/mol. The first-order valence-corrected chi connectivity index (χ1v) is 9.01. The summed E-state index contributed by atoms with van der Waals surface area (Å²) < 4.78 is 1.67. The fourth-order valence-electron chi connectivity index (χ4n) is 2.99. The van der Waals surface area contributed by atoms with Gasteiger partial charge >= 0.3 is 4.87 Å². The normalized spacial score (nSPS) is 20.8. The van der Waals surface area contributed by atoms with Crippen LogP contribution in [0.1, 0.15) is 38.8 Å². The Morgan fingerprint density at radius 3 is 2.95 bits per heavy atom. The number of hydrogen-bond donors (Lipinski definition) is 1. The Kier molecular flexibility index (Phi) is 6.20. The van der Waals surface area contributed by atoms with E-state index >= 15 is 0 Å². The number of hydrogen-bond acceptors (Lipinski definition) is 4. The monoisotopic (exact) mass is 325 g/mol. The number of piperidine rings is 1. The molecule has 1 aliphatic heterocycles. The Bertz CT molecular complexity index is 552. The molecule has 124 valence electrons. The van der Waals surface area contributed by atoms with Gasteiger partial charge in [0, 0.05) is 43.2 Å². The molecule has 0 radical (unpaired) electrons. The summed E-state index contributed by atoms with van der Waals surface area (Å²) in [6.07, 6.45) is 2.92. The summed E-state index contributed by atoms with van der Waals surface area (Å²) in [4.78, 5) is 26.0. The molecular formula is C16H27N3O2S. The molecule has 1 aliphatic rings. The van der Waals surface area contributed by atoms with Crippen molar-refractivity contribution in [3.63, 3.8) is 0 Å². The van der Waals surface area contributed by atoms with Gasteiger partial charge in [-0.2, -0.15) is 0 Å². The van der Waals surface area contributed by atoms with Crippen molar-refractivity contribution in [1.82, 2.24) is 14.8 Å². The number of likely N-dealkylation sites (tertiary alicyclic amines) is 1. The standard InChI is InChI=1S/C16H27N3O2S/c1-12-5-4-7-18(10-12)13(2)9-17-15(20)6-8-19-14(3)11-22-16(19)21/h11-13H,4-10H2,1-3H3,(H,17,20)/t12-,13-/m1/s1. The fraction of sp³-hybridized carbons (Fsp3) is 0.750. The lowest BCUT2D eigenvalue weighted by Gasteiger charge is -2.35. The van der Waals surface area contributed by atoms with Crippen molar-refractivity contribution in [2.24, 2.45) is 5.92 Å². The van der Waals surface area contributed by atoms with Crippen molar-refractivity contribution in [2.75, 3.05) is 19.6 Å². The van der Waals surface area contributed by atoms with Gasteiger partial charge in [0.1, 0.15) is 0 Å². The lowest BCUT2D eigenvalue weighted by Crippen LogP contribution is -2.46. The highest BCUT2D eigenvalue weighted by Gasteiger charge is 2.21. The minimum absolute atomic E-state index is 0.0148.